The molecule has 4 rings (SSSR count). The zero-order valence-electron chi connectivity index (χ0n) is 16.6. The van der Waals surface area contributed by atoms with Crippen LogP contribution in [0.4, 0.5) is 10.1 Å². The molecule has 0 atom stereocenters. The quantitative estimate of drug-likeness (QED) is 0.657. The predicted molar refractivity (Wildman–Crippen MR) is 108 cm³/mol. The molecule has 0 bridgehead atoms. The van der Waals surface area contributed by atoms with E-state index >= 15 is 0 Å². The van der Waals surface area contributed by atoms with E-state index in [1.54, 1.807) is 52.3 Å². The highest BCUT2D eigenvalue weighted by molar-refractivity contribution is 5.97. The summed E-state index contributed by atoms with van der Waals surface area (Å²) in [6, 6.07) is 13.1. The maximum absolute atomic E-state index is 14.0. The van der Waals surface area contributed by atoms with Crippen LogP contribution in [0, 0.1) is 5.82 Å². The molecule has 0 N–H and O–H groups in total. The number of amides is 2. The van der Waals surface area contributed by atoms with Crippen LogP contribution < -0.4 is 4.90 Å². The van der Waals surface area contributed by atoms with Crippen LogP contribution in [0.1, 0.15) is 41.6 Å². The summed E-state index contributed by atoms with van der Waals surface area (Å²) < 4.78 is 19.2. The van der Waals surface area contributed by atoms with Crippen molar-refractivity contribution >= 4 is 23.5 Å². The second-order valence-electron chi connectivity index (χ2n) is 7.62. The lowest BCUT2D eigenvalue weighted by molar-refractivity contribution is -0.135. The summed E-state index contributed by atoms with van der Waals surface area (Å²) in [5.74, 6) is -1.30. The van der Waals surface area contributed by atoms with Crippen molar-refractivity contribution in [2.24, 2.45) is 0 Å². The number of benzene rings is 2. The van der Waals surface area contributed by atoms with Crippen molar-refractivity contribution in [3.8, 4) is 0 Å². The minimum Gasteiger partial charge on any atom is -0.452 e. The standard InChI is InChI=1S/C23H23FN2O4/c24-20-8-2-1-5-17(20)14-26(18-10-11-18)22(28)15-30-23(29)16-6-3-7-19(13-16)25-12-4-9-21(25)27/h1-3,5-8,13,18H,4,9-12,14-15H2. The first-order valence-electron chi connectivity index (χ1n) is 10.1. The molecule has 6 nitrogen and oxygen atoms in total. The van der Waals surface area contributed by atoms with Crippen LogP contribution in [-0.4, -0.2) is 41.9 Å². The molecule has 0 unspecified atom stereocenters. The lowest BCUT2D eigenvalue weighted by atomic mass is 10.2. The molecule has 1 heterocycles. The van der Waals surface area contributed by atoms with Gasteiger partial charge in [0.1, 0.15) is 5.82 Å². The zero-order chi connectivity index (χ0) is 21.1. The van der Waals surface area contributed by atoms with Gasteiger partial charge in [-0.2, -0.15) is 0 Å². The molecule has 1 saturated carbocycles. The third-order valence-electron chi connectivity index (χ3n) is 5.40. The minimum absolute atomic E-state index is 0.0314. The van der Waals surface area contributed by atoms with E-state index in [4.69, 9.17) is 4.74 Å². The largest absolute Gasteiger partial charge is 0.452 e. The number of nitrogens with zero attached hydrogens (tertiary/aromatic N) is 2. The van der Waals surface area contributed by atoms with E-state index in [0.717, 1.165) is 19.3 Å². The Morgan fingerprint density at radius 1 is 1.13 bits per heavy atom. The van der Waals surface area contributed by atoms with Crippen LogP contribution in [-0.2, 0) is 20.9 Å². The Balaban J connectivity index is 1.38. The molecule has 1 saturated heterocycles. The molecule has 2 aromatic rings. The first kappa shape index (κ1) is 20.1. The smallest absolute Gasteiger partial charge is 0.338 e. The molecular weight excluding hydrogens is 387 g/mol. The van der Waals surface area contributed by atoms with Gasteiger partial charge in [-0.25, -0.2) is 9.18 Å². The van der Waals surface area contributed by atoms with Crippen molar-refractivity contribution in [2.45, 2.75) is 38.3 Å². The average Bonchev–Trinajstić information content (AvgIpc) is 3.51. The molecule has 2 amide bonds. The molecule has 1 aliphatic heterocycles. The van der Waals surface area contributed by atoms with E-state index < -0.39 is 12.6 Å². The monoisotopic (exact) mass is 410 g/mol. The summed E-state index contributed by atoms with van der Waals surface area (Å²) in [5, 5.41) is 0. The minimum atomic E-state index is -0.626. The highest BCUT2D eigenvalue weighted by atomic mass is 19.1. The fourth-order valence-corrected chi connectivity index (χ4v) is 3.63. The number of anilines is 1. The topological polar surface area (TPSA) is 66.9 Å². The van der Waals surface area contributed by atoms with Crippen LogP contribution in [0.25, 0.3) is 0 Å². The number of esters is 1. The first-order valence-corrected chi connectivity index (χ1v) is 10.1. The van der Waals surface area contributed by atoms with Crippen LogP contribution in [0.3, 0.4) is 0 Å². The summed E-state index contributed by atoms with van der Waals surface area (Å²) in [7, 11) is 0. The van der Waals surface area contributed by atoms with Gasteiger partial charge in [-0.05, 0) is 43.5 Å². The van der Waals surface area contributed by atoms with Gasteiger partial charge in [0.15, 0.2) is 6.61 Å². The van der Waals surface area contributed by atoms with Gasteiger partial charge in [0.05, 0.1) is 5.56 Å². The fraction of sp³-hybridized carbons (Fsp3) is 0.348. The molecule has 2 aliphatic rings. The van der Waals surface area contributed by atoms with Crippen molar-refractivity contribution in [3.63, 3.8) is 0 Å². The summed E-state index contributed by atoms with van der Waals surface area (Å²) in [5.41, 5.74) is 1.37. The van der Waals surface area contributed by atoms with Crippen molar-refractivity contribution in [1.82, 2.24) is 4.90 Å². The zero-order valence-corrected chi connectivity index (χ0v) is 16.6. The number of carbonyl (C=O) groups excluding carboxylic acids is 3. The second kappa shape index (κ2) is 8.65. The lowest BCUT2D eigenvalue weighted by Gasteiger charge is -2.22. The molecule has 30 heavy (non-hydrogen) atoms. The Morgan fingerprint density at radius 3 is 2.63 bits per heavy atom. The van der Waals surface area contributed by atoms with Crippen LogP contribution in [0.2, 0.25) is 0 Å². The summed E-state index contributed by atoms with van der Waals surface area (Å²) in [6.07, 6.45) is 3.02. The fourth-order valence-electron chi connectivity index (χ4n) is 3.63. The molecule has 7 heteroatoms. The third-order valence-corrected chi connectivity index (χ3v) is 5.40. The van der Waals surface area contributed by atoms with E-state index in [9.17, 15) is 18.8 Å². The van der Waals surface area contributed by atoms with Gasteiger partial charge < -0.3 is 14.5 Å². The number of hydrogen-bond donors (Lipinski definition) is 0. The normalized spacial score (nSPS) is 15.9. The van der Waals surface area contributed by atoms with Gasteiger partial charge in [0.2, 0.25) is 5.91 Å². The summed E-state index contributed by atoms with van der Waals surface area (Å²) in [6.45, 7) is 0.374. The second-order valence-corrected chi connectivity index (χ2v) is 7.62. The Kier molecular flexibility index (Phi) is 5.79. The van der Waals surface area contributed by atoms with Crippen LogP contribution >= 0.6 is 0 Å². The molecular formula is C23H23FN2O4. The highest BCUT2D eigenvalue weighted by Gasteiger charge is 2.33. The van der Waals surface area contributed by atoms with E-state index in [1.165, 1.54) is 6.07 Å². The number of halogens is 1. The predicted octanol–water partition coefficient (Wildman–Crippen LogP) is 3.30. The van der Waals surface area contributed by atoms with Gasteiger partial charge in [-0.1, -0.05) is 24.3 Å². The van der Waals surface area contributed by atoms with E-state index in [2.05, 4.69) is 0 Å². The van der Waals surface area contributed by atoms with E-state index in [1.807, 2.05) is 0 Å². The van der Waals surface area contributed by atoms with Crippen molar-refractivity contribution in [1.29, 1.82) is 0 Å². The third kappa shape index (κ3) is 4.50. The van der Waals surface area contributed by atoms with Gasteiger partial charge in [0.25, 0.3) is 5.91 Å². The molecule has 0 radical (unpaired) electrons. The van der Waals surface area contributed by atoms with Crippen molar-refractivity contribution in [2.75, 3.05) is 18.1 Å². The number of carbonyl (C=O) groups is 3. The Labute approximate surface area is 174 Å². The van der Waals surface area contributed by atoms with Crippen LogP contribution in [0.5, 0.6) is 0 Å². The first-order chi connectivity index (χ1) is 14.5. The van der Waals surface area contributed by atoms with E-state index in [-0.39, 0.29) is 35.8 Å². The number of hydrogen-bond acceptors (Lipinski definition) is 4. The summed E-state index contributed by atoms with van der Waals surface area (Å²) >= 11 is 0. The molecule has 2 fully saturated rings. The lowest BCUT2D eigenvalue weighted by Crippen LogP contribution is -2.36. The molecule has 0 aromatic heterocycles. The van der Waals surface area contributed by atoms with Crippen molar-refractivity contribution in [3.05, 3.63) is 65.5 Å². The Bertz CT molecular complexity index is 973. The SMILES string of the molecule is O=C(OCC(=O)N(Cc1ccccc1F)C1CC1)c1cccc(N2CCCC2=O)c1. The molecule has 156 valence electrons. The number of rotatable bonds is 7. The summed E-state index contributed by atoms with van der Waals surface area (Å²) in [4.78, 5) is 40.3. The maximum atomic E-state index is 14.0. The highest BCUT2D eigenvalue weighted by Crippen LogP contribution is 2.29. The van der Waals surface area contributed by atoms with E-state index in [0.29, 0.717) is 24.2 Å². The maximum Gasteiger partial charge on any atom is 0.338 e. The van der Waals surface area contributed by atoms with Crippen LogP contribution in [0.15, 0.2) is 48.5 Å². The van der Waals surface area contributed by atoms with Gasteiger partial charge in [-0.3, -0.25) is 9.59 Å². The Morgan fingerprint density at radius 2 is 1.93 bits per heavy atom. The van der Waals surface area contributed by atoms with Crippen molar-refractivity contribution < 1.29 is 23.5 Å². The Hall–Kier alpha value is -3.22. The van der Waals surface area contributed by atoms with Gasteiger partial charge >= 0.3 is 5.97 Å². The molecule has 0 spiro atoms. The molecule has 1 aliphatic carbocycles. The number of ether oxygens (including phenoxy) is 1. The van der Waals surface area contributed by atoms with Gasteiger partial charge in [-0.15, -0.1) is 0 Å². The van der Waals surface area contributed by atoms with Gasteiger partial charge in [0, 0.05) is 36.8 Å². The average molecular weight is 410 g/mol. The molecule has 2 aromatic carbocycles.